The van der Waals surface area contributed by atoms with Crippen molar-refractivity contribution in [3.05, 3.63) is 23.8 Å². The first-order valence-corrected chi connectivity index (χ1v) is 22.9. The van der Waals surface area contributed by atoms with Crippen LogP contribution in [0.15, 0.2) is 23.8 Å². The van der Waals surface area contributed by atoms with Crippen LogP contribution in [0, 0.1) is 29.6 Å². The standard InChI is InChI=1S/C41H65NO11S2/c1-5-29(3)40(45)53-36-25-28(2)24-31-11-10-30(4)35(39(31)36)13-12-32-26-33(27-38(44)51-32)52-41(46)50-22-21-49-20-19-48-18-17-47-16-15-42-37(43)9-7-6-8-34-14-23-54-55-34/h10-11,24,28-30,32-36,39H,5-9,12-23,25-27H2,1-4H3,(H,42,43). The van der Waals surface area contributed by atoms with Gasteiger partial charge in [0.05, 0.1) is 52.0 Å². The maximum absolute atomic E-state index is 12.8. The fourth-order valence-electron chi connectivity index (χ4n) is 7.61. The number of hydrogen-bond donors (Lipinski definition) is 1. The van der Waals surface area contributed by atoms with Crippen molar-refractivity contribution in [2.24, 2.45) is 29.6 Å². The summed E-state index contributed by atoms with van der Waals surface area (Å²) < 4.78 is 39.0. The number of carbonyl (C=O) groups excluding carboxylic acids is 4. The van der Waals surface area contributed by atoms with E-state index in [2.05, 4.69) is 37.4 Å². The molecule has 2 aliphatic carbocycles. The van der Waals surface area contributed by atoms with Gasteiger partial charge in [-0.2, -0.15) is 0 Å². The van der Waals surface area contributed by atoms with Gasteiger partial charge >= 0.3 is 18.1 Å². The molecule has 4 rings (SSSR count). The molecule has 1 N–H and O–H groups in total. The average Bonchev–Trinajstić information content (AvgIpc) is 3.68. The van der Waals surface area contributed by atoms with Crippen molar-refractivity contribution >= 4 is 45.6 Å². The molecule has 4 aliphatic rings. The highest BCUT2D eigenvalue weighted by molar-refractivity contribution is 8.77. The molecule has 2 saturated heterocycles. The molecule has 2 fully saturated rings. The highest BCUT2D eigenvalue weighted by Gasteiger charge is 2.42. The van der Waals surface area contributed by atoms with E-state index in [-0.39, 0.29) is 67.4 Å². The van der Waals surface area contributed by atoms with Crippen LogP contribution in [0.1, 0.15) is 98.3 Å². The summed E-state index contributed by atoms with van der Waals surface area (Å²) >= 11 is 0. The Balaban J connectivity index is 1.02. The Kier molecular flexibility index (Phi) is 20.8. The van der Waals surface area contributed by atoms with E-state index in [1.807, 2.05) is 35.4 Å². The quantitative estimate of drug-likeness (QED) is 0.0453. The molecular formula is C41H65NO11S2. The summed E-state index contributed by atoms with van der Waals surface area (Å²) in [6, 6.07) is 0. The zero-order valence-corrected chi connectivity index (χ0v) is 35.0. The predicted molar refractivity (Wildman–Crippen MR) is 213 cm³/mol. The highest BCUT2D eigenvalue weighted by Crippen LogP contribution is 2.45. The lowest BCUT2D eigenvalue weighted by Gasteiger charge is -2.43. The lowest BCUT2D eigenvalue weighted by molar-refractivity contribution is -0.163. The second kappa shape index (κ2) is 25.2. The van der Waals surface area contributed by atoms with Crippen LogP contribution in [0.2, 0.25) is 0 Å². The van der Waals surface area contributed by atoms with Crippen molar-refractivity contribution in [2.75, 3.05) is 58.5 Å². The smallest absolute Gasteiger partial charge is 0.462 e. The number of nitrogens with one attached hydrogen (secondary N) is 1. The van der Waals surface area contributed by atoms with Gasteiger partial charge in [-0.3, -0.25) is 14.4 Å². The van der Waals surface area contributed by atoms with Gasteiger partial charge in [0.15, 0.2) is 0 Å². The maximum Gasteiger partial charge on any atom is 0.508 e. The van der Waals surface area contributed by atoms with Gasteiger partial charge in [-0.15, -0.1) is 0 Å². The number of cyclic esters (lactones) is 1. The number of allylic oxidation sites excluding steroid dienone is 3. The number of rotatable bonds is 24. The Labute approximate surface area is 336 Å². The third-order valence-corrected chi connectivity index (χ3v) is 13.9. The molecule has 0 radical (unpaired) electrons. The van der Waals surface area contributed by atoms with Crippen molar-refractivity contribution in [3.63, 3.8) is 0 Å². The molecule has 312 valence electrons. The fraction of sp³-hybridized carbons (Fsp3) is 0.805. The highest BCUT2D eigenvalue weighted by atomic mass is 33.1. The molecule has 9 unspecified atom stereocenters. The molecule has 12 nitrogen and oxygen atoms in total. The predicted octanol–water partition coefficient (Wildman–Crippen LogP) is 7.24. The van der Waals surface area contributed by atoms with Gasteiger partial charge in [-0.25, -0.2) is 4.79 Å². The SMILES string of the molecule is CCC(C)C(=O)OC1CC(C)C=C2C=CC(C)C(CCC3CC(OC(=O)OCCOCCOCCOCCNC(=O)CCCCC4CCSS4)CC(=O)O3)C21. The van der Waals surface area contributed by atoms with Gasteiger partial charge in [0, 0.05) is 36.3 Å². The van der Waals surface area contributed by atoms with Crippen molar-refractivity contribution in [1.82, 2.24) is 5.32 Å². The summed E-state index contributed by atoms with van der Waals surface area (Å²) in [5.41, 5.74) is 1.22. The Bertz CT molecular complexity index is 1260. The van der Waals surface area contributed by atoms with E-state index in [0.29, 0.717) is 64.8 Å². The van der Waals surface area contributed by atoms with Crippen LogP contribution in [0.4, 0.5) is 4.79 Å². The second-order valence-electron chi connectivity index (χ2n) is 15.3. The first kappa shape index (κ1) is 45.4. The molecule has 2 heterocycles. The third-order valence-electron chi connectivity index (χ3n) is 10.8. The van der Waals surface area contributed by atoms with Crippen LogP contribution in [0.3, 0.4) is 0 Å². The normalized spacial score (nSPS) is 28.1. The van der Waals surface area contributed by atoms with Crippen molar-refractivity contribution in [3.8, 4) is 0 Å². The van der Waals surface area contributed by atoms with Gasteiger partial charge in [0.2, 0.25) is 5.91 Å². The van der Waals surface area contributed by atoms with Crippen molar-refractivity contribution in [1.29, 1.82) is 0 Å². The van der Waals surface area contributed by atoms with Gasteiger partial charge in [0.25, 0.3) is 0 Å². The van der Waals surface area contributed by atoms with E-state index in [4.69, 9.17) is 33.2 Å². The molecule has 0 spiro atoms. The van der Waals surface area contributed by atoms with Gasteiger partial charge in [-0.1, -0.05) is 73.9 Å². The van der Waals surface area contributed by atoms with E-state index in [1.165, 1.54) is 24.2 Å². The van der Waals surface area contributed by atoms with Crippen LogP contribution in [0.25, 0.3) is 0 Å². The van der Waals surface area contributed by atoms with Crippen LogP contribution >= 0.6 is 21.6 Å². The van der Waals surface area contributed by atoms with Gasteiger partial charge < -0.3 is 38.5 Å². The fourth-order valence-corrected chi connectivity index (χ4v) is 10.6. The summed E-state index contributed by atoms with van der Waals surface area (Å²) in [4.78, 5) is 49.7. The van der Waals surface area contributed by atoms with Crippen LogP contribution in [-0.2, 0) is 47.5 Å². The molecule has 0 aromatic rings. The minimum absolute atomic E-state index is 0.0126. The van der Waals surface area contributed by atoms with Crippen LogP contribution in [0.5, 0.6) is 0 Å². The largest absolute Gasteiger partial charge is 0.508 e. The number of esters is 2. The first-order chi connectivity index (χ1) is 26.6. The Hall–Kier alpha value is -2.26. The number of carbonyl (C=O) groups is 4. The summed E-state index contributed by atoms with van der Waals surface area (Å²) in [6.45, 7) is 10.9. The van der Waals surface area contributed by atoms with E-state index >= 15 is 0 Å². The van der Waals surface area contributed by atoms with E-state index in [0.717, 1.165) is 37.4 Å². The molecule has 0 bridgehead atoms. The number of fused-ring (bicyclic) bond motifs is 1. The molecule has 1 amide bonds. The number of ether oxygens (including phenoxy) is 7. The second-order valence-corrected chi connectivity index (χ2v) is 18.1. The monoisotopic (exact) mass is 811 g/mol. The number of unbranched alkanes of at least 4 members (excludes halogenated alkanes) is 1. The lowest BCUT2D eigenvalue weighted by atomic mass is 9.65. The topological polar surface area (TPSA) is 145 Å². The Morgan fingerprint density at radius 1 is 0.945 bits per heavy atom. The lowest BCUT2D eigenvalue weighted by Crippen LogP contribution is -2.42. The van der Waals surface area contributed by atoms with Crippen molar-refractivity contribution < 1.29 is 52.3 Å². The molecule has 0 saturated carbocycles. The minimum Gasteiger partial charge on any atom is -0.462 e. The zero-order valence-electron chi connectivity index (χ0n) is 33.4. The molecule has 0 aromatic carbocycles. The molecule has 2 aliphatic heterocycles. The summed E-state index contributed by atoms with van der Waals surface area (Å²) in [6.07, 6.45) is 13.1. The molecule has 14 heteroatoms. The maximum atomic E-state index is 12.8. The summed E-state index contributed by atoms with van der Waals surface area (Å²) in [5.74, 6) is 1.54. The number of hydrogen-bond acceptors (Lipinski definition) is 13. The van der Waals surface area contributed by atoms with E-state index < -0.39 is 18.2 Å². The number of amides is 1. The molecular weight excluding hydrogens is 747 g/mol. The molecule has 9 atom stereocenters. The molecule has 0 aromatic heterocycles. The average molecular weight is 812 g/mol. The summed E-state index contributed by atoms with van der Waals surface area (Å²) in [5, 5.41) is 3.66. The van der Waals surface area contributed by atoms with Crippen LogP contribution < -0.4 is 5.32 Å². The van der Waals surface area contributed by atoms with Gasteiger partial charge in [-0.05, 0) is 68.3 Å². The first-order valence-electron chi connectivity index (χ1n) is 20.5. The Morgan fingerprint density at radius 2 is 1.69 bits per heavy atom. The van der Waals surface area contributed by atoms with Gasteiger partial charge in [0.1, 0.15) is 24.9 Å². The Morgan fingerprint density at radius 3 is 2.42 bits per heavy atom. The van der Waals surface area contributed by atoms with Crippen LogP contribution in [-0.4, -0.2) is 106 Å². The zero-order chi connectivity index (χ0) is 39.4. The summed E-state index contributed by atoms with van der Waals surface area (Å²) in [7, 11) is 3.94. The van der Waals surface area contributed by atoms with E-state index in [1.54, 1.807) is 0 Å². The van der Waals surface area contributed by atoms with E-state index in [9.17, 15) is 19.2 Å². The third kappa shape index (κ3) is 16.6. The van der Waals surface area contributed by atoms with Crippen molar-refractivity contribution in [2.45, 2.75) is 122 Å². The molecule has 55 heavy (non-hydrogen) atoms. The minimum atomic E-state index is -0.840.